The highest BCUT2D eigenvalue weighted by atomic mass is 33.1. The molecule has 0 fully saturated rings. The SMILES string of the molecule is SCSC(CSSCC(SCS)SCS)SCS. The molecular weight excluding hydrogens is 417 g/mol. The molecule has 0 rings (SSSR count). The van der Waals surface area contributed by atoms with Crippen LogP contribution in [0.5, 0.6) is 0 Å². The van der Waals surface area contributed by atoms with Crippen molar-refractivity contribution in [1.82, 2.24) is 0 Å². The Morgan fingerprint density at radius 2 is 0.833 bits per heavy atom. The molecular formula is C8H18S10. The third kappa shape index (κ3) is 13.2. The molecule has 0 unspecified atom stereocenters. The molecule has 0 saturated heterocycles. The molecule has 0 aromatic rings. The molecule has 0 nitrogen and oxygen atoms in total. The summed E-state index contributed by atoms with van der Waals surface area (Å²) in [5.41, 5.74) is 0. The van der Waals surface area contributed by atoms with Gasteiger partial charge < -0.3 is 0 Å². The zero-order valence-corrected chi connectivity index (χ0v) is 18.1. The number of hydrogen-bond donors (Lipinski definition) is 4. The summed E-state index contributed by atoms with van der Waals surface area (Å²) >= 11 is 24.6. The molecule has 10 heteroatoms. The molecule has 0 aromatic heterocycles. The Kier molecular flexibility index (Phi) is 20.1. The second-order valence-corrected chi connectivity index (χ2v) is 13.5. The summed E-state index contributed by atoms with van der Waals surface area (Å²) in [6.45, 7) is 0. The average molecular weight is 435 g/mol. The lowest BCUT2D eigenvalue weighted by Gasteiger charge is -2.15. The van der Waals surface area contributed by atoms with Gasteiger partial charge in [-0.15, -0.1) is 47.0 Å². The number of thioether (sulfide) groups is 4. The minimum absolute atomic E-state index is 0.603. The maximum absolute atomic E-state index is 4.27. The molecule has 0 aromatic carbocycles. The Hall–Kier alpha value is 3.50. The van der Waals surface area contributed by atoms with Crippen molar-refractivity contribution in [3.63, 3.8) is 0 Å². The van der Waals surface area contributed by atoms with Gasteiger partial charge in [0, 0.05) is 31.8 Å². The van der Waals surface area contributed by atoms with Crippen LogP contribution < -0.4 is 0 Å². The Labute approximate surface area is 158 Å². The third-order valence-corrected chi connectivity index (χ3v) is 11.0. The largest absolute Gasteiger partial charge is 0.168 e. The quantitative estimate of drug-likeness (QED) is 0.130. The smallest absolute Gasteiger partial charge is 0.0617 e. The lowest BCUT2D eigenvalue weighted by molar-refractivity contribution is 1.45. The summed E-state index contributed by atoms with van der Waals surface area (Å²) in [5, 5.41) is 3.52. The minimum Gasteiger partial charge on any atom is -0.168 e. The van der Waals surface area contributed by atoms with E-state index >= 15 is 0 Å². The van der Waals surface area contributed by atoms with E-state index in [4.69, 9.17) is 0 Å². The summed E-state index contributed by atoms with van der Waals surface area (Å²) in [6, 6.07) is 0. The fourth-order valence-electron chi connectivity index (χ4n) is 0.829. The van der Waals surface area contributed by atoms with Gasteiger partial charge in [0.2, 0.25) is 0 Å². The first-order chi connectivity index (χ1) is 8.78. The van der Waals surface area contributed by atoms with E-state index in [9.17, 15) is 0 Å². The topological polar surface area (TPSA) is 0 Å². The molecule has 0 aliphatic carbocycles. The van der Waals surface area contributed by atoms with Gasteiger partial charge in [0.05, 0.1) is 9.16 Å². The van der Waals surface area contributed by atoms with Gasteiger partial charge in [-0.05, 0) is 0 Å². The summed E-state index contributed by atoms with van der Waals surface area (Å²) in [5.74, 6) is 2.29. The maximum Gasteiger partial charge on any atom is 0.0617 e. The monoisotopic (exact) mass is 434 g/mol. The van der Waals surface area contributed by atoms with E-state index in [1.54, 1.807) is 0 Å². The zero-order chi connectivity index (χ0) is 13.6. The van der Waals surface area contributed by atoms with Crippen molar-refractivity contribution in [2.24, 2.45) is 0 Å². The second-order valence-electron chi connectivity index (χ2n) is 2.61. The van der Waals surface area contributed by atoms with Crippen LogP contribution in [0.4, 0.5) is 0 Å². The third-order valence-electron chi connectivity index (χ3n) is 1.53. The lowest BCUT2D eigenvalue weighted by atomic mass is 10.9. The van der Waals surface area contributed by atoms with Gasteiger partial charge in [0.1, 0.15) is 0 Å². The zero-order valence-electron chi connectivity index (χ0n) is 9.64. The second kappa shape index (κ2) is 16.9. The molecule has 18 heavy (non-hydrogen) atoms. The highest BCUT2D eigenvalue weighted by Crippen LogP contribution is 2.36. The van der Waals surface area contributed by atoms with Crippen LogP contribution in [0, 0.1) is 0 Å². The molecule has 0 aliphatic heterocycles. The number of thiol groups is 4. The van der Waals surface area contributed by atoms with E-state index in [0.29, 0.717) is 9.16 Å². The first-order valence-electron chi connectivity index (χ1n) is 4.92. The van der Waals surface area contributed by atoms with Crippen LogP contribution in [-0.2, 0) is 0 Å². The minimum atomic E-state index is 0.603. The molecule has 0 spiro atoms. The predicted molar refractivity (Wildman–Crippen MR) is 118 cm³/mol. The molecule has 110 valence electrons. The van der Waals surface area contributed by atoms with Crippen molar-refractivity contribution >= 4 is 119 Å². The molecule has 0 aliphatic rings. The van der Waals surface area contributed by atoms with Crippen molar-refractivity contribution in [3.8, 4) is 0 Å². The van der Waals surface area contributed by atoms with Crippen molar-refractivity contribution in [3.05, 3.63) is 0 Å². The molecule has 0 amide bonds. The van der Waals surface area contributed by atoms with Crippen LogP contribution in [0.1, 0.15) is 0 Å². The van der Waals surface area contributed by atoms with E-state index in [0.717, 1.165) is 31.8 Å². The van der Waals surface area contributed by atoms with Crippen molar-refractivity contribution < 1.29 is 0 Å². The number of hydrogen-bond acceptors (Lipinski definition) is 10. The van der Waals surface area contributed by atoms with Crippen molar-refractivity contribution in [1.29, 1.82) is 0 Å². The number of rotatable bonds is 13. The first kappa shape index (κ1) is 21.5. The normalized spacial score (nSPS) is 11.7. The summed E-state index contributed by atoms with van der Waals surface area (Å²) in [6.07, 6.45) is 0. The van der Waals surface area contributed by atoms with Crippen molar-refractivity contribution in [2.45, 2.75) is 9.16 Å². The molecule has 0 N–H and O–H groups in total. The van der Waals surface area contributed by atoms with Gasteiger partial charge >= 0.3 is 0 Å². The van der Waals surface area contributed by atoms with Gasteiger partial charge in [-0.25, -0.2) is 0 Å². The fourth-order valence-corrected chi connectivity index (χ4v) is 11.6. The van der Waals surface area contributed by atoms with Gasteiger partial charge in [-0.3, -0.25) is 0 Å². The van der Waals surface area contributed by atoms with Crippen LogP contribution >= 0.6 is 119 Å². The summed E-state index contributed by atoms with van der Waals surface area (Å²) in [4.78, 5) is 0. The van der Waals surface area contributed by atoms with E-state index < -0.39 is 0 Å². The van der Waals surface area contributed by atoms with E-state index in [1.807, 2.05) is 68.6 Å². The molecule has 0 heterocycles. The van der Waals surface area contributed by atoms with E-state index in [1.165, 1.54) is 0 Å². The Morgan fingerprint density at radius 3 is 1.06 bits per heavy atom. The van der Waals surface area contributed by atoms with Gasteiger partial charge in [-0.2, -0.15) is 50.5 Å². The maximum atomic E-state index is 4.27. The van der Waals surface area contributed by atoms with Gasteiger partial charge in [0.15, 0.2) is 0 Å². The van der Waals surface area contributed by atoms with Gasteiger partial charge in [-0.1, -0.05) is 21.6 Å². The molecule has 0 atom stereocenters. The van der Waals surface area contributed by atoms with Crippen LogP contribution in [0.15, 0.2) is 0 Å². The highest BCUT2D eigenvalue weighted by molar-refractivity contribution is 8.77. The summed E-state index contributed by atoms with van der Waals surface area (Å²) in [7, 11) is 3.90. The lowest BCUT2D eigenvalue weighted by Crippen LogP contribution is -2.03. The van der Waals surface area contributed by atoms with Gasteiger partial charge in [0.25, 0.3) is 0 Å². The van der Waals surface area contributed by atoms with Crippen LogP contribution in [0.2, 0.25) is 0 Å². The fraction of sp³-hybridized carbons (Fsp3) is 1.00. The average Bonchev–Trinajstić information content (AvgIpc) is 2.35. The molecule has 0 saturated carbocycles. The standard InChI is InChI=1S/C8H18S10/c9-3-13-7(14-4-10)1-17-18-2-8(15-5-11)16-6-12/h7-12H,1-6H2. The Balaban J connectivity index is 3.66. The van der Waals surface area contributed by atoms with Crippen LogP contribution in [-0.4, -0.2) is 41.0 Å². The summed E-state index contributed by atoms with van der Waals surface area (Å²) < 4.78 is 1.21. The van der Waals surface area contributed by atoms with E-state index in [2.05, 4.69) is 50.5 Å². The predicted octanol–water partition coefficient (Wildman–Crippen LogP) is 5.50. The Bertz CT molecular complexity index is 138. The Morgan fingerprint density at radius 1 is 0.556 bits per heavy atom. The van der Waals surface area contributed by atoms with Crippen LogP contribution in [0.3, 0.4) is 0 Å². The molecule has 0 bridgehead atoms. The first-order valence-corrected chi connectivity index (χ1v) is 14.1. The van der Waals surface area contributed by atoms with Crippen molar-refractivity contribution in [2.75, 3.05) is 31.8 Å². The van der Waals surface area contributed by atoms with Crippen LogP contribution in [0.25, 0.3) is 0 Å². The molecule has 0 radical (unpaired) electrons. The highest BCUT2D eigenvalue weighted by Gasteiger charge is 2.11. The van der Waals surface area contributed by atoms with E-state index in [-0.39, 0.29) is 0 Å².